The van der Waals surface area contributed by atoms with Crippen LogP contribution in [0, 0.1) is 6.92 Å². The number of Topliss-reactive ketones (excluding diaryl/α,β-unsaturated/α-hetero) is 1. The molecule has 6 heteroatoms. The molecule has 0 aliphatic carbocycles. The van der Waals surface area contributed by atoms with Gasteiger partial charge in [0.25, 0.3) is 6.23 Å². The molecule has 0 amide bonds. The molecule has 6 rings (SSSR count). The zero-order valence-electron chi connectivity index (χ0n) is 18.3. The Morgan fingerprint density at radius 2 is 1.74 bits per heavy atom. The Bertz CT molecular complexity index is 1480. The smallest absolute Gasteiger partial charge is 0.251 e. The van der Waals surface area contributed by atoms with Crippen LogP contribution in [0.15, 0.2) is 84.0 Å². The van der Waals surface area contributed by atoms with Gasteiger partial charge in [-0.1, -0.05) is 89.4 Å². The highest BCUT2D eigenvalue weighted by Gasteiger charge is 2.44. The van der Waals surface area contributed by atoms with E-state index in [1.165, 1.54) is 5.39 Å². The van der Waals surface area contributed by atoms with Crippen LogP contribution >= 0.6 is 23.2 Å². The number of carbonyl (C=O) groups is 1. The maximum atomic E-state index is 13.6. The summed E-state index contributed by atoms with van der Waals surface area (Å²) in [6.07, 6.45) is -0.305. The normalized spacial score (nSPS) is 18.8. The third kappa shape index (κ3) is 3.54. The van der Waals surface area contributed by atoms with Gasteiger partial charge in [0.2, 0.25) is 5.78 Å². The van der Waals surface area contributed by atoms with Gasteiger partial charge in [0.1, 0.15) is 5.75 Å². The number of ketones is 1. The fourth-order valence-corrected chi connectivity index (χ4v) is 5.24. The maximum Gasteiger partial charge on any atom is 0.251 e. The highest BCUT2D eigenvalue weighted by molar-refractivity contribution is 6.35. The largest absolute Gasteiger partial charge is 0.459 e. The third-order valence-corrected chi connectivity index (χ3v) is 6.95. The highest BCUT2D eigenvalue weighted by Crippen LogP contribution is 2.47. The van der Waals surface area contributed by atoms with Crippen molar-refractivity contribution in [3.63, 3.8) is 0 Å². The molecular weight excluding hydrogens is 467 g/mol. The van der Waals surface area contributed by atoms with Crippen molar-refractivity contribution in [2.45, 2.75) is 25.6 Å². The van der Waals surface area contributed by atoms with Gasteiger partial charge >= 0.3 is 0 Å². The minimum absolute atomic E-state index is 0.162. The number of fused-ring (bicyclic) bond motifs is 4. The van der Waals surface area contributed by atoms with E-state index in [0.29, 0.717) is 27.8 Å². The lowest BCUT2D eigenvalue weighted by Crippen LogP contribution is -2.46. The third-order valence-electron chi connectivity index (χ3n) is 6.45. The van der Waals surface area contributed by atoms with Gasteiger partial charge in [0.15, 0.2) is 0 Å². The molecule has 0 spiro atoms. The molecule has 0 saturated heterocycles. The summed E-state index contributed by atoms with van der Waals surface area (Å²) in [5, 5.41) is 9.90. The average Bonchev–Trinajstić information content (AvgIpc) is 3.29. The lowest BCUT2D eigenvalue weighted by molar-refractivity contribution is -0.00447. The summed E-state index contributed by atoms with van der Waals surface area (Å²) in [5.41, 5.74) is 4.40. The lowest BCUT2D eigenvalue weighted by Gasteiger charge is -2.37. The van der Waals surface area contributed by atoms with Gasteiger partial charge in [-0.05, 0) is 41.5 Å². The Hall–Kier alpha value is -3.34. The molecule has 0 saturated carbocycles. The van der Waals surface area contributed by atoms with Crippen molar-refractivity contribution in [2.75, 3.05) is 0 Å². The number of rotatable bonds is 3. The fraction of sp³-hybridized carbons (Fsp3) is 0.143. The average molecular weight is 487 g/mol. The van der Waals surface area contributed by atoms with Crippen LogP contribution in [0.1, 0.15) is 39.5 Å². The number of benzene rings is 4. The van der Waals surface area contributed by atoms with E-state index in [2.05, 4.69) is 30.3 Å². The Morgan fingerprint density at radius 1 is 0.971 bits per heavy atom. The molecule has 2 aliphatic rings. The van der Waals surface area contributed by atoms with E-state index in [0.717, 1.165) is 27.8 Å². The molecule has 2 atom stereocenters. The highest BCUT2D eigenvalue weighted by atomic mass is 35.5. The number of halogens is 2. The molecule has 0 aromatic heterocycles. The molecule has 4 aromatic rings. The number of hydrogen-bond donors (Lipinski definition) is 0. The zero-order valence-corrected chi connectivity index (χ0v) is 19.8. The van der Waals surface area contributed by atoms with Crippen LogP contribution in [0.2, 0.25) is 10.0 Å². The van der Waals surface area contributed by atoms with Gasteiger partial charge in [-0.3, -0.25) is 4.79 Å². The molecule has 0 fully saturated rings. The molecule has 2 heterocycles. The predicted molar refractivity (Wildman–Crippen MR) is 136 cm³/mol. The van der Waals surface area contributed by atoms with Crippen molar-refractivity contribution in [1.82, 2.24) is 5.01 Å². The Labute approximate surface area is 207 Å². The van der Waals surface area contributed by atoms with E-state index in [1.54, 1.807) is 11.1 Å². The van der Waals surface area contributed by atoms with Crippen molar-refractivity contribution in [3.05, 3.63) is 111 Å². The fourth-order valence-electron chi connectivity index (χ4n) is 4.69. The summed E-state index contributed by atoms with van der Waals surface area (Å²) in [6, 6.07) is 25.3. The van der Waals surface area contributed by atoms with Crippen LogP contribution in [-0.2, 0) is 0 Å². The van der Waals surface area contributed by atoms with Crippen LogP contribution in [0.3, 0.4) is 0 Å². The number of hydrazone groups is 1. The summed E-state index contributed by atoms with van der Waals surface area (Å²) in [4.78, 5) is 13.6. The Kier molecular flexibility index (Phi) is 5.09. The van der Waals surface area contributed by atoms with E-state index in [4.69, 9.17) is 33.0 Å². The summed E-state index contributed by atoms with van der Waals surface area (Å²) >= 11 is 12.9. The van der Waals surface area contributed by atoms with Crippen molar-refractivity contribution in [2.24, 2.45) is 5.10 Å². The lowest BCUT2D eigenvalue weighted by atomic mass is 9.95. The van der Waals surface area contributed by atoms with E-state index in [-0.39, 0.29) is 11.8 Å². The van der Waals surface area contributed by atoms with Crippen LogP contribution in [0.5, 0.6) is 5.75 Å². The van der Waals surface area contributed by atoms with Gasteiger partial charge in [0, 0.05) is 22.6 Å². The first-order valence-electron chi connectivity index (χ1n) is 11.1. The first-order chi connectivity index (χ1) is 16.5. The second-order valence-electron chi connectivity index (χ2n) is 8.72. The van der Waals surface area contributed by atoms with E-state index in [9.17, 15) is 4.79 Å². The van der Waals surface area contributed by atoms with Crippen LogP contribution in [0.25, 0.3) is 10.8 Å². The summed E-state index contributed by atoms with van der Waals surface area (Å²) < 4.78 is 6.21. The second kappa shape index (κ2) is 8.15. The molecule has 0 unspecified atom stereocenters. The number of nitrogens with zero attached hydrogens (tertiary/aromatic N) is 2. The predicted octanol–water partition coefficient (Wildman–Crippen LogP) is 7.21. The van der Waals surface area contributed by atoms with Crippen molar-refractivity contribution < 1.29 is 9.53 Å². The molecular formula is C28H20Cl2N2O2. The SMILES string of the molecule is Cc1ccc(C(=O)[C@H]2Oc3c(Cl)cc(Cl)cc3[C@H]3CC(c4ccc5ccccc5c4)=NN23)cc1. The van der Waals surface area contributed by atoms with Crippen LogP contribution in [0.4, 0.5) is 0 Å². The number of hydrogen-bond acceptors (Lipinski definition) is 4. The van der Waals surface area contributed by atoms with E-state index < -0.39 is 6.23 Å². The Morgan fingerprint density at radius 3 is 2.53 bits per heavy atom. The zero-order chi connectivity index (χ0) is 23.4. The first-order valence-corrected chi connectivity index (χ1v) is 11.8. The van der Waals surface area contributed by atoms with Gasteiger partial charge in [-0.15, -0.1) is 0 Å². The van der Waals surface area contributed by atoms with Crippen LogP contribution in [-0.4, -0.2) is 22.7 Å². The van der Waals surface area contributed by atoms with E-state index >= 15 is 0 Å². The molecule has 2 aliphatic heterocycles. The monoisotopic (exact) mass is 486 g/mol. The van der Waals surface area contributed by atoms with Crippen LogP contribution < -0.4 is 4.74 Å². The molecule has 34 heavy (non-hydrogen) atoms. The summed E-state index contributed by atoms with van der Waals surface area (Å²) in [7, 11) is 0. The molecule has 4 aromatic carbocycles. The van der Waals surface area contributed by atoms with Gasteiger partial charge < -0.3 is 4.74 Å². The first kappa shape index (κ1) is 21.2. The van der Waals surface area contributed by atoms with Gasteiger partial charge in [-0.25, -0.2) is 5.01 Å². The quantitative estimate of drug-likeness (QED) is 0.287. The van der Waals surface area contributed by atoms with Gasteiger partial charge in [-0.2, -0.15) is 5.10 Å². The maximum absolute atomic E-state index is 13.6. The molecule has 168 valence electrons. The minimum atomic E-state index is -0.920. The molecule has 0 N–H and O–H groups in total. The molecule has 0 bridgehead atoms. The number of aryl methyl sites for hydroxylation is 1. The second-order valence-corrected chi connectivity index (χ2v) is 9.56. The van der Waals surface area contributed by atoms with Gasteiger partial charge in [0.05, 0.1) is 16.8 Å². The minimum Gasteiger partial charge on any atom is -0.459 e. The van der Waals surface area contributed by atoms with E-state index in [1.807, 2.05) is 49.4 Å². The summed E-state index contributed by atoms with van der Waals surface area (Å²) in [6.45, 7) is 1.99. The Balaban J connectivity index is 1.45. The standard InChI is InChI=1S/C28H20Cl2N2O2/c1-16-6-8-18(9-7-16)26(33)28-32-25(22-13-21(29)14-23(30)27(22)34-28)15-24(31-32)20-11-10-17-4-2-3-5-19(17)12-20/h2-14,25,28H,15H2,1H3/t25-,28-/m1/s1. The van der Waals surface area contributed by atoms with Crippen molar-refractivity contribution >= 4 is 45.5 Å². The molecule has 4 nitrogen and oxygen atoms in total. The molecule has 0 radical (unpaired) electrons. The summed E-state index contributed by atoms with van der Waals surface area (Å²) in [5.74, 6) is 0.331. The van der Waals surface area contributed by atoms with Crippen molar-refractivity contribution in [1.29, 1.82) is 0 Å². The number of carbonyl (C=O) groups excluding carboxylic acids is 1. The number of ether oxygens (including phenoxy) is 1. The topological polar surface area (TPSA) is 41.9 Å². The van der Waals surface area contributed by atoms with Crippen molar-refractivity contribution in [3.8, 4) is 5.75 Å².